The number of rotatable bonds is 3. The van der Waals surface area contributed by atoms with E-state index in [1.165, 1.54) is 11.1 Å². The molecule has 1 unspecified atom stereocenters. The van der Waals surface area contributed by atoms with Gasteiger partial charge in [0, 0.05) is 19.3 Å². The molecule has 0 radical (unpaired) electrons. The van der Waals surface area contributed by atoms with Gasteiger partial charge in [0.1, 0.15) is 0 Å². The Bertz CT molecular complexity index is 385. The summed E-state index contributed by atoms with van der Waals surface area (Å²) in [5.41, 5.74) is 9.31. The van der Waals surface area contributed by atoms with Crippen LogP contribution < -0.4 is 5.73 Å². The van der Waals surface area contributed by atoms with Gasteiger partial charge in [0.25, 0.3) is 0 Å². The lowest BCUT2D eigenvalue weighted by atomic mass is 9.85. The Morgan fingerprint density at radius 3 is 2.26 bits per heavy atom. The topological polar surface area (TPSA) is 35.2 Å². The van der Waals surface area contributed by atoms with E-state index in [9.17, 15) is 0 Å². The fraction of sp³-hybridized carbons (Fsp3) is 0.647. The van der Waals surface area contributed by atoms with E-state index in [2.05, 4.69) is 45.0 Å². The second-order valence-electron chi connectivity index (χ2n) is 6.76. The molecule has 1 saturated heterocycles. The van der Waals surface area contributed by atoms with E-state index in [-0.39, 0.29) is 11.5 Å². The van der Waals surface area contributed by atoms with Gasteiger partial charge in [-0.15, -0.1) is 0 Å². The molecule has 1 aromatic rings. The first-order chi connectivity index (χ1) is 8.97. The van der Waals surface area contributed by atoms with Crippen LogP contribution in [0.5, 0.6) is 0 Å². The average molecular weight is 261 g/mol. The van der Waals surface area contributed by atoms with Crippen LogP contribution in [-0.2, 0) is 16.6 Å². The standard InChI is InChI=1S/C17H27NO/c1-17(2,3)15-6-4-13(5-7-15)12-16(18)14-8-10-19-11-9-14/h4-7,14,16H,8-12,18H2,1-3H3. The predicted octanol–water partition coefficient (Wildman–Crippen LogP) is 3.28. The molecule has 2 rings (SSSR count). The molecule has 2 nitrogen and oxygen atoms in total. The van der Waals surface area contributed by atoms with E-state index in [0.29, 0.717) is 5.92 Å². The number of benzene rings is 1. The summed E-state index contributed by atoms with van der Waals surface area (Å²) >= 11 is 0. The summed E-state index contributed by atoms with van der Waals surface area (Å²) in [7, 11) is 0. The van der Waals surface area contributed by atoms with Crippen molar-refractivity contribution in [3.63, 3.8) is 0 Å². The molecule has 2 heteroatoms. The summed E-state index contributed by atoms with van der Waals surface area (Å²) in [5.74, 6) is 0.621. The zero-order valence-corrected chi connectivity index (χ0v) is 12.5. The van der Waals surface area contributed by atoms with Crippen molar-refractivity contribution in [2.24, 2.45) is 11.7 Å². The van der Waals surface area contributed by atoms with Gasteiger partial charge < -0.3 is 10.5 Å². The first-order valence-electron chi connectivity index (χ1n) is 7.39. The Labute approximate surface area is 117 Å². The molecule has 1 aromatic carbocycles. The molecule has 1 aliphatic heterocycles. The van der Waals surface area contributed by atoms with Crippen molar-refractivity contribution in [1.82, 2.24) is 0 Å². The van der Waals surface area contributed by atoms with Gasteiger partial charge in [-0.25, -0.2) is 0 Å². The van der Waals surface area contributed by atoms with Gasteiger partial charge in [-0.3, -0.25) is 0 Å². The van der Waals surface area contributed by atoms with Crippen LogP contribution >= 0.6 is 0 Å². The van der Waals surface area contributed by atoms with Gasteiger partial charge in [-0.2, -0.15) is 0 Å². The third kappa shape index (κ3) is 4.05. The normalized spacial score (nSPS) is 19.4. The third-order valence-corrected chi connectivity index (χ3v) is 4.16. The lowest BCUT2D eigenvalue weighted by Gasteiger charge is -2.28. The number of hydrogen-bond donors (Lipinski definition) is 1. The van der Waals surface area contributed by atoms with E-state index in [1.807, 2.05) is 0 Å². The smallest absolute Gasteiger partial charge is 0.0469 e. The van der Waals surface area contributed by atoms with Crippen molar-refractivity contribution in [1.29, 1.82) is 0 Å². The Morgan fingerprint density at radius 2 is 1.74 bits per heavy atom. The van der Waals surface area contributed by atoms with Crippen LogP contribution in [0.4, 0.5) is 0 Å². The molecule has 1 fully saturated rings. The van der Waals surface area contributed by atoms with E-state index in [0.717, 1.165) is 32.5 Å². The molecule has 0 spiro atoms. The van der Waals surface area contributed by atoms with E-state index in [4.69, 9.17) is 10.5 Å². The first-order valence-corrected chi connectivity index (χ1v) is 7.39. The van der Waals surface area contributed by atoms with E-state index in [1.54, 1.807) is 0 Å². The lowest BCUT2D eigenvalue weighted by molar-refractivity contribution is 0.0585. The fourth-order valence-electron chi connectivity index (χ4n) is 2.72. The van der Waals surface area contributed by atoms with Gasteiger partial charge in [0.2, 0.25) is 0 Å². The SMILES string of the molecule is CC(C)(C)c1ccc(CC(N)C2CCOCC2)cc1. The number of nitrogens with two attached hydrogens (primary N) is 1. The van der Waals surface area contributed by atoms with Crippen molar-refractivity contribution in [3.8, 4) is 0 Å². The molecule has 1 aliphatic rings. The van der Waals surface area contributed by atoms with Gasteiger partial charge in [0.15, 0.2) is 0 Å². The molecule has 19 heavy (non-hydrogen) atoms. The summed E-state index contributed by atoms with van der Waals surface area (Å²) in [4.78, 5) is 0. The second kappa shape index (κ2) is 6.06. The number of hydrogen-bond acceptors (Lipinski definition) is 2. The van der Waals surface area contributed by atoms with Crippen molar-refractivity contribution < 1.29 is 4.74 Å². The highest BCUT2D eigenvalue weighted by atomic mass is 16.5. The Kier molecular flexibility index (Phi) is 4.64. The fourth-order valence-corrected chi connectivity index (χ4v) is 2.72. The first kappa shape index (κ1) is 14.5. The van der Waals surface area contributed by atoms with E-state index < -0.39 is 0 Å². The monoisotopic (exact) mass is 261 g/mol. The van der Waals surface area contributed by atoms with Crippen LogP contribution in [0.1, 0.15) is 44.7 Å². The van der Waals surface area contributed by atoms with Crippen molar-refractivity contribution in [2.75, 3.05) is 13.2 Å². The highest BCUT2D eigenvalue weighted by Crippen LogP contribution is 2.24. The van der Waals surface area contributed by atoms with Crippen molar-refractivity contribution in [2.45, 2.75) is 51.5 Å². The molecule has 1 heterocycles. The van der Waals surface area contributed by atoms with Crippen molar-refractivity contribution in [3.05, 3.63) is 35.4 Å². The largest absolute Gasteiger partial charge is 0.381 e. The van der Waals surface area contributed by atoms with Crippen LogP contribution in [0.2, 0.25) is 0 Å². The highest BCUT2D eigenvalue weighted by molar-refractivity contribution is 5.28. The molecule has 106 valence electrons. The molecule has 0 bridgehead atoms. The molecule has 0 aromatic heterocycles. The molecule has 1 atom stereocenters. The van der Waals surface area contributed by atoms with E-state index >= 15 is 0 Å². The molecule has 2 N–H and O–H groups in total. The molecular weight excluding hydrogens is 234 g/mol. The second-order valence-corrected chi connectivity index (χ2v) is 6.76. The Morgan fingerprint density at radius 1 is 1.16 bits per heavy atom. The maximum atomic E-state index is 6.35. The number of ether oxygens (including phenoxy) is 1. The van der Waals surface area contributed by atoms with Gasteiger partial charge in [0.05, 0.1) is 0 Å². The third-order valence-electron chi connectivity index (χ3n) is 4.16. The average Bonchev–Trinajstić information content (AvgIpc) is 2.39. The Balaban J connectivity index is 1.95. The van der Waals surface area contributed by atoms with Gasteiger partial charge in [-0.05, 0) is 41.7 Å². The summed E-state index contributed by atoms with van der Waals surface area (Å²) in [6.07, 6.45) is 3.21. The van der Waals surface area contributed by atoms with Crippen LogP contribution in [0.25, 0.3) is 0 Å². The Hall–Kier alpha value is -0.860. The predicted molar refractivity (Wildman–Crippen MR) is 80.4 cm³/mol. The zero-order valence-electron chi connectivity index (χ0n) is 12.5. The van der Waals surface area contributed by atoms with Crippen molar-refractivity contribution >= 4 is 0 Å². The maximum absolute atomic E-state index is 6.35. The van der Waals surface area contributed by atoms with Crippen LogP contribution in [0.3, 0.4) is 0 Å². The minimum Gasteiger partial charge on any atom is -0.381 e. The summed E-state index contributed by atoms with van der Waals surface area (Å²) in [5, 5.41) is 0. The van der Waals surface area contributed by atoms with Crippen LogP contribution in [0, 0.1) is 5.92 Å². The lowest BCUT2D eigenvalue weighted by Crippen LogP contribution is -2.36. The van der Waals surface area contributed by atoms with Gasteiger partial charge in [-0.1, -0.05) is 45.0 Å². The van der Waals surface area contributed by atoms with Crippen LogP contribution in [-0.4, -0.2) is 19.3 Å². The van der Waals surface area contributed by atoms with Gasteiger partial charge >= 0.3 is 0 Å². The molecule has 0 aliphatic carbocycles. The molecule has 0 amide bonds. The maximum Gasteiger partial charge on any atom is 0.0469 e. The zero-order chi connectivity index (χ0) is 13.9. The summed E-state index contributed by atoms with van der Waals surface area (Å²) < 4.78 is 5.40. The molecule has 0 saturated carbocycles. The minimum absolute atomic E-state index is 0.224. The molecular formula is C17H27NO. The summed E-state index contributed by atoms with van der Waals surface area (Å²) in [6.45, 7) is 8.49. The minimum atomic E-state index is 0.224. The highest BCUT2D eigenvalue weighted by Gasteiger charge is 2.21. The van der Waals surface area contributed by atoms with Crippen LogP contribution in [0.15, 0.2) is 24.3 Å². The summed E-state index contributed by atoms with van der Waals surface area (Å²) in [6, 6.07) is 9.22. The quantitative estimate of drug-likeness (QED) is 0.906.